The van der Waals surface area contributed by atoms with Gasteiger partial charge >= 0.3 is 12.1 Å². The van der Waals surface area contributed by atoms with Gasteiger partial charge in [-0.15, -0.1) is 0 Å². The summed E-state index contributed by atoms with van der Waals surface area (Å²) >= 11 is 0. The molecule has 0 saturated carbocycles. The molecule has 0 aliphatic carbocycles. The number of fused-ring (bicyclic) bond motifs is 1. The van der Waals surface area contributed by atoms with Gasteiger partial charge in [-0.05, 0) is 61.4 Å². The van der Waals surface area contributed by atoms with Crippen molar-refractivity contribution in [1.29, 1.82) is 0 Å². The largest absolute Gasteiger partial charge is 0.491 e. The molecule has 3 rings (SSSR count). The first-order chi connectivity index (χ1) is 15.9. The van der Waals surface area contributed by atoms with Gasteiger partial charge in [-0.3, -0.25) is 0 Å². The summed E-state index contributed by atoms with van der Waals surface area (Å²) in [6, 6.07) is 16.8. The lowest BCUT2D eigenvalue weighted by molar-refractivity contribution is -0.204. The predicted octanol–water partition coefficient (Wildman–Crippen LogP) is 5.23. The van der Waals surface area contributed by atoms with Crippen LogP contribution in [0.2, 0.25) is 0 Å². The molecule has 0 fully saturated rings. The van der Waals surface area contributed by atoms with Gasteiger partial charge in [0.15, 0.2) is 6.23 Å². The number of alkyl halides is 3. The summed E-state index contributed by atoms with van der Waals surface area (Å²) in [5.74, 6) is -2.27. The van der Waals surface area contributed by atoms with E-state index in [9.17, 15) is 26.4 Å². The Hall–Kier alpha value is -3.40. The molecule has 0 aromatic heterocycles. The normalized spacial score (nSPS) is 13.2. The Kier molecular flexibility index (Phi) is 7.30. The first kappa shape index (κ1) is 25.2. The summed E-state index contributed by atoms with van der Waals surface area (Å²) in [6.07, 6.45) is -5.04. The molecule has 10 heteroatoms. The Balaban J connectivity index is 1.75. The maximum atomic E-state index is 12.7. The summed E-state index contributed by atoms with van der Waals surface area (Å²) in [6.45, 7) is 5.26. The van der Waals surface area contributed by atoms with Gasteiger partial charge in [-0.25, -0.2) is 4.79 Å². The summed E-state index contributed by atoms with van der Waals surface area (Å²) < 4.78 is 71.0. The van der Waals surface area contributed by atoms with Crippen molar-refractivity contribution in [3.63, 3.8) is 0 Å². The van der Waals surface area contributed by atoms with Crippen molar-refractivity contribution in [3.05, 3.63) is 71.8 Å². The standard InChI is InChI=1S/C24H23F3N2O4S/c1-4-29(17(3)33-23(30)24(25,26)27)21-10-6-18(7-11-21)15-28-34(31,32)22-12-9-19-13-16(2)5-8-20(19)14-22/h5-15,17H,4H2,1-3H3. The van der Waals surface area contributed by atoms with Gasteiger partial charge in [-0.1, -0.05) is 42.0 Å². The van der Waals surface area contributed by atoms with Crippen LogP contribution in [0.5, 0.6) is 0 Å². The first-order valence-electron chi connectivity index (χ1n) is 10.4. The molecule has 0 saturated heterocycles. The number of hydrogen-bond donors (Lipinski definition) is 0. The lowest BCUT2D eigenvalue weighted by Gasteiger charge is -2.29. The number of halogens is 3. The Morgan fingerprint density at radius 3 is 2.29 bits per heavy atom. The number of ether oxygens (including phenoxy) is 1. The second-order valence-electron chi connectivity index (χ2n) is 7.60. The lowest BCUT2D eigenvalue weighted by atomic mass is 10.1. The molecule has 0 radical (unpaired) electrons. The number of anilines is 1. The van der Waals surface area contributed by atoms with E-state index >= 15 is 0 Å². The van der Waals surface area contributed by atoms with Gasteiger partial charge in [0, 0.05) is 18.4 Å². The fourth-order valence-electron chi connectivity index (χ4n) is 3.38. The Labute approximate surface area is 195 Å². The lowest BCUT2D eigenvalue weighted by Crippen LogP contribution is -2.40. The van der Waals surface area contributed by atoms with Gasteiger partial charge in [0.05, 0.1) is 4.90 Å². The molecule has 1 unspecified atom stereocenters. The van der Waals surface area contributed by atoms with Crippen LogP contribution in [0, 0.1) is 6.92 Å². The number of sulfonamides is 1. The monoisotopic (exact) mass is 492 g/mol. The van der Waals surface area contributed by atoms with Gasteiger partial charge < -0.3 is 9.64 Å². The quantitative estimate of drug-likeness (QED) is 0.256. The molecule has 0 aliphatic rings. The zero-order valence-corrected chi connectivity index (χ0v) is 19.5. The van der Waals surface area contributed by atoms with Crippen LogP contribution in [-0.4, -0.2) is 39.6 Å². The van der Waals surface area contributed by atoms with Crippen LogP contribution in [0.15, 0.2) is 70.0 Å². The highest BCUT2D eigenvalue weighted by Crippen LogP contribution is 2.23. The predicted molar refractivity (Wildman–Crippen MR) is 125 cm³/mol. The van der Waals surface area contributed by atoms with Crippen molar-refractivity contribution in [2.75, 3.05) is 11.4 Å². The van der Waals surface area contributed by atoms with Crippen molar-refractivity contribution in [2.24, 2.45) is 4.40 Å². The van der Waals surface area contributed by atoms with Crippen molar-refractivity contribution >= 4 is 38.7 Å². The average Bonchev–Trinajstić information content (AvgIpc) is 2.78. The third-order valence-electron chi connectivity index (χ3n) is 5.12. The maximum Gasteiger partial charge on any atom is 0.491 e. The topological polar surface area (TPSA) is 76.0 Å². The van der Waals surface area contributed by atoms with Crippen molar-refractivity contribution in [2.45, 2.75) is 38.1 Å². The van der Waals surface area contributed by atoms with Crippen molar-refractivity contribution in [3.8, 4) is 0 Å². The molecule has 0 heterocycles. The minimum atomic E-state index is -5.08. The minimum Gasteiger partial charge on any atom is -0.435 e. The smallest absolute Gasteiger partial charge is 0.435 e. The van der Waals surface area contributed by atoms with E-state index in [2.05, 4.69) is 9.13 Å². The van der Waals surface area contributed by atoms with Gasteiger partial charge in [0.2, 0.25) is 0 Å². The second-order valence-corrected chi connectivity index (χ2v) is 9.23. The van der Waals surface area contributed by atoms with Crippen LogP contribution in [-0.2, 0) is 19.6 Å². The molecule has 0 spiro atoms. The Morgan fingerprint density at radius 1 is 1.06 bits per heavy atom. The molecule has 0 amide bonds. The third kappa shape index (κ3) is 5.93. The number of esters is 1. The van der Waals surface area contributed by atoms with Crippen molar-refractivity contribution in [1.82, 2.24) is 0 Å². The Morgan fingerprint density at radius 2 is 1.68 bits per heavy atom. The molecule has 6 nitrogen and oxygen atoms in total. The molecule has 0 bridgehead atoms. The fraction of sp³-hybridized carbons (Fsp3) is 0.250. The summed E-state index contributed by atoms with van der Waals surface area (Å²) in [5, 5.41) is 1.71. The van der Waals surface area contributed by atoms with E-state index in [4.69, 9.17) is 0 Å². The fourth-order valence-corrected chi connectivity index (χ4v) is 4.28. The van der Waals surface area contributed by atoms with E-state index in [0.29, 0.717) is 11.3 Å². The molecule has 0 aliphatic heterocycles. The highest BCUT2D eigenvalue weighted by atomic mass is 32.2. The van der Waals surface area contributed by atoms with Gasteiger partial charge in [0.1, 0.15) is 0 Å². The second kappa shape index (κ2) is 9.84. The summed E-state index contributed by atoms with van der Waals surface area (Å²) in [5.41, 5.74) is 2.04. The number of rotatable bonds is 7. The SMILES string of the molecule is CCN(c1ccc(C=NS(=O)(=O)c2ccc3cc(C)ccc3c2)cc1)C(C)OC(=O)C(F)(F)F. The highest BCUT2D eigenvalue weighted by Gasteiger charge is 2.42. The molecule has 0 N–H and O–H groups in total. The Bertz CT molecular complexity index is 1320. The van der Waals surface area contributed by atoms with Crippen molar-refractivity contribution < 1.29 is 31.1 Å². The molecule has 1 atom stereocenters. The van der Waals surface area contributed by atoms with Crippen LogP contribution in [0.3, 0.4) is 0 Å². The minimum absolute atomic E-state index is 0.0641. The summed E-state index contributed by atoms with van der Waals surface area (Å²) in [7, 11) is -3.94. The molecule has 3 aromatic rings. The number of carbonyl (C=O) groups is 1. The number of aryl methyl sites for hydroxylation is 1. The van der Waals surface area contributed by atoms with Crippen LogP contribution >= 0.6 is 0 Å². The summed E-state index contributed by atoms with van der Waals surface area (Å²) in [4.78, 5) is 12.6. The number of nitrogens with zero attached hydrogens (tertiary/aromatic N) is 2. The maximum absolute atomic E-state index is 12.7. The first-order valence-corrected chi connectivity index (χ1v) is 11.8. The van der Waals surface area contributed by atoms with Crippen LogP contribution in [0.1, 0.15) is 25.0 Å². The zero-order valence-electron chi connectivity index (χ0n) is 18.7. The highest BCUT2D eigenvalue weighted by molar-refractivity contribution is 7.90. The number of carbonyl (C=O) groups excluding carboxylic acids is 1. The number of hydrogen-bond acceptors (Lipinski definition) is 5. The molecule has 180 valence electrons. The van der Waals surface area contributed by atoms with Crippen LogP contribution in [0.25, 0.3) is 10.8 Å². The molecule has 3 aromatic carbocycles. The molecular weight excluding hydrogens is 469 g/mol. The van der Waals surface area contributed by atoms with E-state index in [0.717, 1.165) is 16.3 Å². The molecular formula is C24H23F3N2O4S. The third-order valence-corrected chi connectivity index (χ3v) is 6.35. The van der Waals surface area contributed by atoms with Crippen LogP contribution < -0.4 is 4.90 Å². The van der Waals surface area contributed by atoms with E-state index in [1.54, 1.807) is 43.3 Å². The van der Waals surface area contributed by atoms with Gasteiger partial charge in [-0.2, -0.15) is 26.0 Å². The zero-order chi connectivity index (χ0) is 25.1. The molecule has 34 heavy (non-hydrogen) atoms. The average molecular weight is 493 g/mol. The van der Waals surface area contributed by atoms with E-state index < -0.39 is 28.4 Å². The van der Waals surface area contributed by atoms with Crippen LogP contribution in [0.4, 0.5) is 18.9 Å². The van der Waals surface area contributed by atoms with E-state index in [1.165, 1.54) is 24.1 Å². The number of benzene rings is 3. The van der Waals surface area contributed by atoms with E-state index in [-0.39, 0.29) is 11.4 Å². The van der Waals surface area contributed by atoms with Gasteiger partial charge in [0.25, 0.3) is 10.0 Å². The van der Waals surface area contributed by atoms with E-state index in [1.807, 2.05) is 25.1 Å².